The van der Waals surface area contributed by atoms with Gasteiger partial charge in [-0.2, -0.15) is 0 Å². The highest BCUT2D eigenvalue weighted by Gasteiger charge is 2.09. The summed E-state index contributed by atoms with van der Waals surface area (Å²) in [6.07, 6.45) is 2.09. The van der Waals surface area contributed by atoms with Gasteiger partial charge in [0.1, 0.15) is 5.75 Å². The van der Waals surface area contributed by atoms with Gasteiger partial charge < -0.3 is 19.8 Å². The summed E-state index contributed by atoms with van der Waals surface area (Å²) in [6.45, 7) is 0.921. The van der Waals surface area contributed by atoms with Gasteiger partial charge in [-0.05, 0) is 30.7 Å². The Kier molecular flexibility index (Phi) is 6.04. The van der Waals surface area contributed by atoms with Gasteiger partial charge >= 0.3 is 0 Å². The van der Waals surface area contributed by atoms with Crippen molar-refractivity contribution in [2.24, 2.45) is 0 Å². The van der Waals surface area contributed by atoms with Crippen molar-refractivity contribution >= 4 is 11.8 Å². The number of amides is 2. The fourth-order valence-corrected chi connectivity index (χ4v) is 1.72. The number of nitrogens with one attached hydrogen (secondary N) is 2. The van der Waals surface area contributed by atoms with Gasteiger partial charge in [-0.25, -0.2) is 0 Å². The van der Waals surface area contributed by atoms with E-state index in [1.54, 1.807) is 6.07 Å². The van der Waals surface area contributed by atoms with Crippen LogP contribution in [-0.4, -0.2) is 31.5 Å². The molecule has 1 aromatic carbocycles. The number of rotatable bonds is 8. The van der Waals surface area contributed by atoms with Crippen LogP contribution in [0, 0.1) is 0 Å². The van der Waals surface area contributed by atoms with Crippen molar-refractivity contribution in [2.75, 3.05) is 19.7 Å². The highest BCUT2D eigenvalue weighted by molar-refractivity contribution is 5.94. The monoisotopic (exact) mass is 302 g/mol. The van der Waals surface area contributed by atoms with Gasteiger partial charge in [-0.15, -0.1) is 0 Å². The zero-order chi connectivity index (χ0) is 15.6. The largest absolute Gasteiger partial charge is 0.494 e. The number of carbonyl (C=O) groups is 2. The SMILES string of the molecule is O=C(CNC(=O)c1ccco1)NCCCOc1ccccc1. The molecule has 0 aliphatic heterocycles. The molecule has 0 aliphatic carbocycles. The normalized spacial score (nSPS) is 10.0. The van der Waals surface area contributed by atoms with Crippen LogP contribution in [0.4, 0.5) is 0 Å². The van der Waals surface area contributed by atoms with Crippen molar-refractivity contribution in [2.45, 2.75) is 6.42 Å². The minimum absolute atomic E-state index is 0.0843. The molecule has 6 heteroatoms. The van der Waals surface area contributed by atoms with Crippen LogP contribution in [0.25, 0.3) is 0 Å². The van der Waals surface area contributed by atoms with Crippen LogP contribution in [0.2, 0.25) is 0 Å². The van der Waals surface area contributed by atoms with Crippen molar-refractivity contribution in [3.8, 4) is 5.75 Å². The predicted molar refractivity (Wildman–Crippen MR) is 80.6 cm³/mol. The Bertz CT molecular complexity index is 581. The second kappa shape index (κ2) is 8.51. The van der Waals surface area contributed by atoms with E-state index in [1.165, 1.54) is 12.3 Å². The summed E-state index contributed by atoms with van der Waals surface area (Å²) in [4.78, 5) is 23.1. The standard InChI is InChI=1S/C16H18N2O4/c19-15(12-18-16(20)14-8-4-10-22-14)17-9-5-11-21-13-6-2-1-3-7-13/h1-4,6-8,10H,5,9,11-12H2,(H,17,19)(H,18,20). The first kappa shape index (κ1) is 15.6. The molecule has 0 saturated carbocycles. The number of hydrogen-bond donors (Lipinski definition) is 2. The molecule has 2 amide bonds. The number of hydrogen-bond acceptors (Lipinski definition) is 4. The Morgan fingerprint density at radius 3 is 2.59 bits per heavy atom. The first-order valence-electron chi connectivity index (χ1n) is 7.02. The molecule has 1 heterocycles. The maximum atomic E-state index is 11.6. The lowest BCUT2D eigenvalue weighted by Crippen LogP contribution is -2.37. The Morgan fingerprint density at radius 1 is 1.05 bits per heavy atom. The van der Waals surface area contributed by atoms with Crippen LogP contribution in [0.5, 0.6) is 5.75 Å². The Morgan fingerprint density at radius 2 is 1.86 bits per heavy atom. The fraction of sp³-hybridized carbons (Fsp3) is 0.250. The molecule has 0 fully saturated rings. The van der Waals surface area contributed by atoms with Crippen molar-refractivity contribution in [3.05, 3.63) is 54.5 Å². The molecule has 0 atom stereocenters. The van der Waals surface area contributed by atoms with Crippen molar-refractivity contribution in [1.82, 2.24) is 10.6 Å². The molecular formula is C16H18N2O4. The van der Waals surface area contributed by atoms with Crippen LogP contribution >= 0.6 is 0 Å². The molecule has 116 valence electrons. The van der Waals surface area contributed by atoms with Crippen LogP contribution in [0.15, 0.2) is 53.1 Å². The predicted octanol–water partition coefficient (Wildman–Crippen LogP) is 1.59. The molecule has 0 radical (unpaired) electrons. The van der Waals surface area contributed by atoms with Gasteiger partial charge in [-0.1, -0.05) is 18.2 Å². The molecule has 2 rings (SSSR count). The fourth-order valence-electron chi connectivity index (χ4n) is 1.72. The molecule has 1 aromatic heterocycles. The van der Waals surface area contributed by atoms with E-state index < -0.39 is 5.91 Å². The maximum Gasteiger partial charge on any atom is 0.287 e. The van der Waals surface area contributed by atoms with E-state index in [9.17, 15) is 9.59 Å². The molecular weight excluding hydrogens is 284 g/mol. The van der Waals surface area contributed by atoms with Crippen LogP contribution in [0.3, 0.4) is 0 Å². The lowest BCUT2D eigenvalue weighted by Gasteiger charge is -2.07. The number of furan rings is 1. The first-order valence-corrected chi connectivity index (χ1v) is 7.02. The van der Waals surface area contributed by atoms with Crippen molar-refractivity contribution in [1.29, 1.82) is 0 Å². The summed E-state index contributed by atoms with van der Waals surface area (Å²) in [6, 6.07) is 12.6. The highest BCUT2D eigenvalue weighted by Crippen LogP contribution is 2.07. The van der Waals surface area contributed by atoms with Gasteiger partial charge in [0.15, 0.2) is 5.76 Å². The first-order chi connectivity index (χ1) is 10.8. The van der Waals surface area contributed by atoms with Crippen molar-refractivity contribution < 1.29 is 18.7 Å². The molecule has 0 saturated heterocycles. The van der Waals surface area contributed by atoms with Crippen LogP contribution < -0.4 is 15.4 Å². The molecule has 2 aromatic rings. The topological polar surface area (TPSA) is 80.6 Å². The van der Waals surface area contributed by atoms with Gasteiger partial charge in [-0.3, -0.25) is 9.59 Å². The molecule has 0 bridgehead atoms. The van der Waals surface area contributed by atoms with E-state index in [0.29, 0.717) is 19.6 Å². The second-order valence-electron chi connectivity index (χ2n) is 4.52. The molecule has 0 spiro atoms. The Balaban J connectivity index is 1.53. The number of benzene rings is 1. The third kappa shape index (κ3) is 5.32. The Labute approximate surface area is 128 Å². The summed E-state index contributed by atoms with van der Waals surface area (Å²) < 4.78 is 10.4. The zero-order valence-corrected chi connectivity index (χ0v) is 12.1. The third-order valence-electron chi connectivity index (χ3n) is 2.81. The summed E-state index contributed by atoms with van der Waals surface area (Å²) >= 11 is 0. The van der Waals surface area contributed by atoms with Gasteiger partial charge in [0, 0.05) is 6.54 Å². The van der Waals surface area contributed by atoms with Crippen LogP contribution in [0.1, 0.15) is 17.0 Å². The lowest BCUT2D eigenvalue weighted by atomic mass is 10.3. The van der Waals surface area contributed by atoms with Gasteiger partial charge in [0.05, 0.1) is 19.4 Å². The van der Waals surface area contributed by atoms with Crippen LogP contribution in [-0.2, 0) is 4.79 Å². The van der Waals surface area contributed by atoms with E-state index in [-0.39, 0.29) is 18.2 Å². The molecule has 0 unspecified atom stereocenters. The average Bonchev–Trinajstić information content (AvgIpc) is 3.08. The summed E-state index contributed by atoms with van der Waals surface area (Å²) in [5.41, 5.74) is 0. The molecule has 0 aliphatic rings. The molecule has 22 heavy (non-hydrogen) atoms. The number of para-hydroxylation sites is 1. The maximum absolute atomic E-state index is 11.6. The highest BCUT2D eigenvalue weighted by atomic mass is 16.5. The summed E-state index contributed by atoms with van der Waals surface area (Å²) in [5, 5.41) is 5.18. The smallest absolute Gasteiger partial charge is 0.287 e. The number of ether oxygens (including phenoxy) is 1. The minimum atomic E-state index is -0.410. The van der Waals surface area contributed by atoms with E-state index in [2.05, 4.69) is 10.6 Å². The van der Waals surface area contributed by atoms with E-state index in [1.807, 2.05) is 30.3 Å². The summed E-state index contributed by atoms with van der Waals surface area (Å²) in [5.74, 6) is 0.329. The van der Waals surface area contributed by atoms with E-state index in [0.717, 1.165) is 5.75 Å². The third-order valence-corrected chi connectivity index (χ3v) is 2.81. The zero-order valence-electron chi connectivity index (χ0n) is 12.1. The minimum Gasteiger partial charge on any atom is -0.494 e. The van der Waals surface area contributed by atoms with Gasteiger partial charge in [0.25, 0.3) is 5.91 Å². The van der Waals surface area contributed by atoms with Crippen molar-refractivity contribution in [3.63, 3.8) is 0 Å². The van der Waals surface area contributed by atoms with E-state index >= 15 is 0 Å². The quantitative estimate of drug-likeness (QED) is 0.726. The van der Waals surface area contributed by atoms with Gasteiger partial charge in [0.2, 0.25) is 5.91 Å². The lowest BCUT2D eigenvalue weighted by molar-refractivity contribution is -0.120. The summed E-state index contributed by atoms with van der Waals surface area (Å²) in [7, 11) is 0. The molecule has 6 nitrogen and oxygen atoms in total. The number of carbonyl (C=O) groups excluding carboxylic acids is 2. The average molecular weight is 302 g/mol. The molecule has 2 N–H and O–H groups in total. The van der Waals surface area contributed by atoms with E-state index in [4.69, 9.17) is 9.15 Å². The Hall–Kier alpha value is -2.76. The second-order valence-corrected chi connectivity index (χ2v) is 4.52.